The minimum Gasteiger partial charge on any atom is -0.342 e. The zero-order valence-electron chi connectivity index (χ0n) is 15.6. The average molecular weight is 421 g/mol. The molecular weight excluding hydrogens is 396 g/mol. The van der Waals surface area contributed by atoms with E-state index in [0.29, 0.717) is 34.9 Å². The molecule has 2 aliphatic heterocycles. The molecule has 5 unspecified atom stereocenters. The first-order valence-electron chi connectivity index (χ1n) is 10.3. The van der Waals surface area contributed by atoms with E-state index in [1.54, 1.807) is 21.8 Å². The molecule has 3 heterocycles. The van der Waals surface area contributed by atoms with Gasteiger partial charge in [0.15, 0.2) is 0 Å². The molecule has 0 aromatic carbocycles. The minimum absolute atomic E-state index is 0.00170. The first kappa shape index (κ1) is 17.6. The molecule has 2 saturated heterocycles. The third kappa shape index (κ3) is 2.25. The Bertz CT molecular complexity index is 949. The number of hydrogen-bond acceptors (Lipinski definition) is 5. The fourth-order valence-electron chi connectivity index (χ4n) is 6.66. The van der Waals surface area contributed by atoms with Gasteiger partial charge in [-0.2, -0.15) is 4.31 Å². The molecule has 5 atom stereocenters. The maximum absolute atomic E-state index is 13.1. The second-order valence-corrected chi connectivity index (χ2v) is 12.5. The van der Waals surface area contributed by atoms with Crippen LogP contribution >= 0.6 is 11.3 Å². The van der Waals surface area contributed by atoms with Crippen LogP contribution < -0.4 is 0 Å². The lowest BCUT2D eigenvalue weighted by Crippen LogP contribution is -2.45. The Hall–Kier alpha value is -1.25. The van der Waals surface area contributed by atoms with Gasteiger partial charge >= 0.3 is 0 Å². The summed E-state index contributed by atoms with van der Waals surface area (Å²) in [5.74, 6) is 1.58. The van der Waals surface area contributed by atoms with Gasteiger partial charge in [0, 0.05) is 38.0 Å². The van der Waals surface area contributed by atoms with Crippen molar-refractivity contribution in [2.24, 2.45) is 35.0 Å². The number of thiophene rings is 1. The van der Waals surface area contributed by atoms with Crippen molar-refractivity contribution in [3.8, 4) is 0 Å². The molecule has 4 bridgehead atoms. The molecule has 1 aromatic heterocycles. The molecule has 1 amide bonds. The van der Waals surface area contributed by atoms with Crippen LogP contribution in [0.5, 0.6) is 0 Å². The van der Waals surface area contributed by atoms with Crippen molar-refractivity contribution in [3.05, 3.63) is 17.5 Å². The SMILES string of the molecule is O=C1C2CC3C1C3C2C(=O)N1CCC2(CCN(S(=O)(=O)c3cccs3)CC2)C1. The Morgan fingerprint density at radius 3 is 2.50 bits per heavy atom. The first-order valence-corrected chi connectivity index (χ1v) is 12.6. The van der Waals surface area contributed by atoms with E-state index in [1.165, 1.54) is 11.3 Å². The second-order valence-electron chi connectivity index (χ2n) is 9.38. The molecule has 6 nitrogen and oxygen atoms in total. The van der Waals surface area contributed by atoms with Gasteiger partial charge < -0.3 is 4.90 Å². The summed E-state index contributed by atoms with van der Waals surface area (Å²) in [5, 5.41) is 1.79. The van der Waals surface area contributed by atoms with Gasteiger partial charge in [-0.25, -0.2) is 8.42 Å². The Balaban J connectivity index is 1.12. The monoisotopic (exact) mass is 420 g/mol. The molecule has 0 N–H and O–H groups in total. The maximum atomic E-state index is 13.1. The van der Waals surface area contributed by atoms with E-state index in [-0.39, 0.29) is 29.1 Å². The number of likely N-dealkylation sites (tertiary alicyclic amines) is 1. The van der Waals surface area contributed by atoms with Crippen molar-refractivity contribution in [1.82, 2.24) is 9.21 Å². The number of sulfonamides is 1. The standard InChI is InChI=1S/C20H24N2O4S2/c23-18-13-10-12-15(16(12)18)17(13)19(24)21-6-3-20(11-21)4-7-22(8-5-20)28(25,26)14-2-1-9-27-14/h1-2,9,12-13,15-17H,3-8,10-11H2. The first-order chi connectivity index (χ1) is 13.4. The highest BCUT2D eigenvalue weighted by Gasteiger charge is 2.75. The summed E-state index contributed by atoms with van der Waals surface area (Å²) in [6.45, 7) is 2.55. The van der Waals surface area contributed by atoms with Crippen LogP contribution in [0.4, 0.5) is 0 Å². The summed E-state index contributed by atoms with van der Waals surface area (Å²) in [6, 6.07) is 3.44. The predicted octanol–water partition coefficient (Wildman–Crippen LogP) is 1.83. The molecule has 6 aliphatic rings. The van der Waals surface area contributed by atoms with E-state index in [4.69, 9.17) is 0 Å². The van der Waals surface area contributed by atoms with Gasteiger partial charge in [0.25, 0.3) is 10.0 Å². The van der Waals surface area contributed by atoms with Crippen molar-refractivity contribution in [1.29, 1.82) is 0 Å². The van der Waals surface area contributed by atoms with Crippen LogP contribution in [0.3, 0.4) is 0 Å². The predicted molar refractivity (Wildman–Crippen MR) is 103 cm³/mol. The van der Waals surface area contributed by atoms with Gasteiger partial charge in [0.1, 0.15) is 9.99 Å². The molecule has 1 aromatic rings. The average Bonchev–Trinajstić information content (AvgIpc) is 3.28. The normalized spacial score (nSPS) is 38.5. The maximum Gasteiger partial charge on any atom is 0.252 e. The Kier molecular flexibility index (Phi) is 3.56. The highest BCUT2D eigenvalue weighted by molar-refractivity contribution is 7.91. The Labute approximate surface area is 168 Å². The van der Waals surface area contributed by atoms with Crippen LogP contribution in [0.25, 0.3) is 0 Å². The number of carbonyl (C=O) groups is 2. The van der Waals surface area contributed by atoms with Crippen LogP contribution in [-0.2, 0) is 19.6 Å². The zero-order chi connectivity index (χ0) is 19.3. The van der Waals surface area contributed by atoms with Crippen LogP contribution in [0.15, 0.2) is 21.7 Å². The van der Waals surface area contributed by atoms with Crippen LogP contribution in [0.2, 0.25) is 0 Å². The summed E-state index contributed by atoms with van der Waals surface area (Å²) in [4.78, 5) is 27.3. The largest absolute Gasteiger partial charge is 0.342 e. The van der Waals surface area contributed by atoms with Crippen molar-refractivity contribution < 1.29 is 18.0 Å². The summed E-state index contributed by atoms with van der Waals surface area (Å²) in [6.07, 6.45) is 3.51. The second kappa shape index (κ2) is 5.67. The van der Waals surface area contributed by atoms with Gasteiger partial charge in [0.05, 0.1) is 5.92 Å². The fourth-order valence-corrected chi connectivity index (χ4v) is 9.25. The fraction of sp³-hybridized carbons (Fsp3) is 0.700. The highest BCUT2D eigenvalue weighted by Crippen LogP contribution is 2.71. The Morgan fingerprint density at radius 2 is 1.93 bits per heavy atom. The number of piperidine rings is 1. The van der Waals surface area contributed by atoms with Gasteiger partial charge in [0.2, 0.25) is 5.91 Å². The highest BCUT2D eigenvalue weighted by atomic mass is 32.2. The Morgan fingerprint density at radius 1 is 1.18 bits per heavy atom. The topological polar surface area (TPSA) is 74.8 Å². The van der Waals surface area contributed by atoms with Crippen molar-refractivity contribution in [2.45, 2.75) is 29.9 Å². The summed E-state index contributed by atoms with van der Waals surface area (Å²) >= 11 is 1.26. The molecule has 8 heteroatoms. The third-order valence-electron chi connectivity index (χ3n) is 8.21. The molecule has 4 aliphatic carbocycles. The molecule has 7 rings (SSSR count). The van der Waals surface area contributed by atoms with Gasteiger partial charge in [-0.3, -0.25) is 9.59 Å². The number of carbonyl (C=O) groups excluding carboxylic acids is 2. The van der Waals surface area contributed by atoms with E-state index in [2.05, 4.69) is 0 Å². The lowest BCUT2D eigenvalue weighted by atomic mass is 9.78. The number of ketones is 1. The van der Waals surface area contributed by atoms with E-state index in [0.717, 1.165) is 38.8 Å². The van der Waals surface area contributed by atoms with Gasteiger partial charge in [-0.1, -0.05) is 6.07 Å². The lowest BCUT2D eigenvalue weighted by Gasteiger charge is -2.38. The van der Waals surface area contributed by atoms with E-state index < -0.39 is 10.0 Å². The minimum atomic E-state index is -3.38. The summed E-state index contributed by atoms with van der Waals surface area (Å²) < 4.78 is 27.5. The number of rotatable bonds is 3. The van der Waals surface area contributed by atoms with E-state index >= 15 is 0 Å². The van der Waals surface area contributed by atoms with Crippen LogP contribution in [-0.4, -0.2) is 55.5 Å². The van der Waals surface area contributed by atoms with Crippen molar-refractivity contribution in [3.63, 3.8) is 0 Å². The van der Waals surface area contributed by atoms with Crippen molar-refractivity contribution in [2.75, 3.05) is 26.2 Å². The molecule has 150 valence electrons. The number of amides is 1. The third-order valence-corrected chi connectivity index (χ3v) is 11.5. The van der Waals surface area contributed by atoms with E-state index in [9.17, 15) is 18.0 Å². The number of hydrogen-bond donors (Lipinski definition) is 0. The quantitative estimate of drug-likeness (QED) is 0.748. The molecule has 28 heavy (non-hydrogen) atoms. The molecule has 1 spiro atoms. The van der Waals surface area contributed by atoms with Gasteiger partial charge in [-0.05, 0) is 54.4 Å². The van der Waals surface area contributed by atoms with Crippen LogP contribution in [0, 0.1) is 35.0 Å². The number of nitrogens with zero attached hydrogens (tertiary/aromatic N) is 2. The lowest BCUT2D eigenvalue weighted by molar-refractivity contribution is -0.138. The molecule has 6 fully saturated rings. The summed E-state index contributed by atoms with van der Waals surface area (Å²) in [7, 11) is -3.38. The van der Waals surface area contributed by atoms with Crippen molar-refractivity contribution >= 4 is 33.1 Å². The molecular formula is C20H24N2O4S2. The van der Waals surface area contributed by atoms with Gasteiger partial charge in [-0.15, -0.1) is 11.3 Å². The smallest absolute Gasteiger partial charge is 0.252 e. The zero-order valence-corrected chi connectivity index (χ0v) is 17.3. The molecule has 0 radical (unpaired) electrons. The van der Waals surface area contributed by atoms with Crippen LogP contribution in [0.1, 0.15) is 25.7 Å². The number of Topliss-reactive ketones (excluding diaryl/α,β-unsaturated/α-hetero) is 1. The van der Waals surface area contributed by atoms with E-state index in [1.807, 2.05) is 4.90 Å². The summed E-state index contributed by atoms with van der Waals surface area (Å²) in [5.41, 5.74) is 0.0473. The molecule has 4 saturated carbocycles.